The highest BCUT2D eigenvalue weighted by molar-refractivity contribution is 5.83. The zero-order chi connectivity index (χ0) is 20.9. The van der Waals surface area contributed by atoms with Crippen LogP contribution in [0.1, 0.15) is 5.56 Å². The molecule has 0 N–H and O–H groups in total. The lowest BCUT2D eigenvalue weighted by molar-refractivity contribution is -0.146. The van der Waals surface area contributed by atoms with E-state index in [2.05, 4.69) is 0 Å². The molecule has 1 saturated heterocycles. The first-order chi connectivity index (χ1) is 14.6. The van der Waals surface area contributed by atoms with E-state index in [0.717, 1.165) is 0 Å². The maximum atomic E-state index is 12.8. The lowest BCUT2D eigenvalue weighted by Crippen LogP contribution is -2.55. The SMILES string of the molecule is N#Cc1ccc(OCC(=O)N2CCN(C(=O)[C@@H]3COc4ccccc4O3)CC2)cc1. The molecule has 0 unspecified atom stereocenters. The maximum Gasteiger partial charge on any atom is 0.267 e. The Balaban J connectivity index is 1.24. The second kappa shape index (κ2) is 8.74. The molecule has 2 heterocycles. The molecule has 0 radical (unpaired) electrons. The van der Waals surface area contributed by atoms with Crippen molar-refractivity contribution in [3.63, 3.8) is 0 Å². The molecule has 2 aromatic rings. The summed E-state index contributed by atoms with van der Waals surface area (Å²) in [7, 11) is 0. The Morgan fingerprint density at radius 3 is 2.37 bits per heavy atom. The summed E-state index contributed by atoms with van der Waals surface area (Å²) < 4.78 is 16.9. The van der Waals surface area contributed by atoms with Crippen LogP contribution in [0, 0.1) is 11.3 Å². The van der Waals surface area contributed by atoms with Crippen LogP contribution in [0.5, 0.6) is 17.2 Å². The number of piperazine rings is 1. The Hall–Kier alpha value is -3.73. The van der Waals surface area contributed by atoms with E-state index in [1.165, 1.54) is 0 Å². The first-order valence-electron chi connectivity index (χ1n) is 9.72. The zero-order valence-corrected chi connectivity index (χ0v) is 16.3. The van der Waals surface area contributed by atoms with Crippen LogP contribution < -0.4 is 14.2 Å². The molecular weight excluding hydrogens is 386 g/mol. The monoisotopic (exact) mass is 407 g/mol. The van der Waals surface area contributed by atoms with Gasteiger partial charge in [-0.25, -0.2) is 0 Å². The summed E-state index contributed by atoms with van der Waals surface area (Å²) in [6.45, 7) is 1.83. The minimum Gasteiger partial charge on any atom is -0.485 e. The normalized spacial score (nSPS) is 17.8. The van der Waals surface area contributed by atoms with Gasteiger partial charge in [0.25, 0.3) is 11.8 Å². The molecular formula is C22H21N3O5. The van der Waals surface area contributed by atoms with Gasteiger partial charge >= 0.3 is 0 Å². The van der Waals surface area contributed by atoms with Gasteiger partial charge in [0, 0.05) is 26.2 Å². The van der Waals surface area contributed by atoms with E-state index in [1.807, 2.05) is 18.2 Å². The van der Waals surface area contributed by atoms with Crippen molar-refractivity contribution in [2.45, 2.75) is 6.10 Å². The van der Waals surface area contributed by atoms with Gasteiger partial charge < -0.3 is 24.0 Å². The number of hydrogen-bond donors (Lipinski definition) is 0. The molecule has 2 aliphatic heterocycles. The molecule has 30 heavy (non-hydrogen) atoms. The third-order valence-corrected chi connectivity index (χ3v) is 5.07. The van der Waals surface area contributed by atoms with Crippen LogP contribution >= 0.6 is 0 Å². The average Bonchev–Trinajstić information content (AvgIpc) is 2.82. The van der Waals surface area contributed by atoms with E-state index in [1.54, 1.807) is 46.2 Å². The van der Waals surface area contributed by atoms with Crippen LogP contribution in [0.4, 0.5) is 0 Å². The van der Waals surface area contributed by atoms with Crippen molar-refractivity contribution in [3.8, 4) is 23.3 Å². The van der Waals surface area contributed by atoms with Crippen LogP contribution in [0.2, 0.25) is 0 Å². The Kier molecular flexibility index (Phi) is 5.70. The number of carbonyl (C=O) groups is 2. The quantitative estimate of drug-likeness (QED) is 0.762. The fraction of sp³-hybridized carbons (Fsp3) is 0.318. The summed E-state index contributed by atoms with van der Waals surface area (Å²) in [6, 6.07) is 15.9. The van der Waals surface area contributed by atoms with Crippen molar-refractivity contribution in [1.29, 1.82) is 5.26 Å². The highest BCUT2D eigenvalue weighted by Gasteiger charge is 2.33. The third-order valence-electron chi connectivity index (χ3n) is 5.07. The number of rotatable bonds is 4. The van der Waals surface area contributed by atoms with Gasteiger partial charge in [-0.05, 0) is 36.4 Å². The van der Waals surface area contributed by atoms with Gasteiger partial charge in [0.2, 0.25) is 6.10 Å². The van der Waals surface area contributed by atoms with Crippen molar-refractivity contribution in [2.75, 3.05) is 39.4 Å². The van der Waals surface area contributed by atoms with E-state index < -0.39 is 6.10 Å². The van der Waals surface area contributed by atoms with Gasteiger partial charge in [-0.15, -0.1) is 0 Å². The van der Waals surface area contributed by atoms with E-state index in [0.29, 0.717) is 49.0 Å². The topological polar surface area (TPSA) is 92.1 Å². The highest BCUT2D eigenvalue weighted by Crippen LogP contribution is 2.31. The number of amides is 2. The number of ether oxygens (including phenoxy) is 3. The summed E-state index contributed by atoms with van der Waals surface area (Å²) >= 11 is 0. The Labute approximate surface area is 174 Å². The summed E-state index contributed by atoms with van der Waals surface area (Å²) in [5.41, 5.74) is 0.533. The van der Waals surface area contributed by atoms with Gasteiger partial charge in [0.15, 0.2) is 18.1 Å². The third kappa shape index (κ3) is 4.30. The molecule has 154 valence electrons. The Morgan fingerprint density at radius 2 is 1.67 bits per heavy atom. The number of carbonyl (C=O) groups excluding carboxylic acids is 2. The molecule has 0 saturated carbocycles. The van der Waals surface area contributed by atoms with Gasteiger partial charge in [-0.1, -0.05) is 12.1 Å². The predicted molar refractivity (Wildman–Crippen MR) is 106 cm³/mol. The first kappa shape index (κ1) is 19.6. The van der Waals surface area contributed by atoms with E-state index in [-0.39, 0.29) is 25.0 Å². The molecule has 1 atom stereocenters. The van der Waals surface area contributed by atoms with Crippen molar-refractivity contribution in [1.82, 2.24) is 9.80 Å². The molecule has 2 aromatic carbocycles. The van der Waals surface area contributed by atoms with Crippen molar-refractivity contribution >= 4 is 11.8 Å². The second-order valence-corrected chi connectivity index (χ2v) is 7.00. The van der Waals surface area contributed by atoms with Crippen LogP contribution in [0.25, 0.3) is 0 Å². The number of hydrogen-bond acceptors (Lipinski definition) is 6. The largest absolute Gasteiger partial charge is 0.485 e. The van der Waals surface area contributed by atoms with Crippen LogP contribution in [-0.4, -0.2) is 67.1 Å². The lowest BCUT2D eigenvalue weighted by atomic mass is 10.2. The minimum atomic E-state index is -0.679. The summed E-state index contributed by atoms with van der Waals surface area (Å²) in [5, 5.41) is 8.81. The van der Waals surface area contributed by atoms with E-state index >= 15 is 0 Å². The summed E-state index contributed by atoms with van der Waals surface area (Å²) in [4.78, 5) is 28.6. The zero-order valence-electron chi connectivity index (χ0n) is 16.3. The van der Waals surface area contributed by atoms with Crippen LogP contribution in [0.15, 0.2) is 48.5 Å². The molecule has 1 fully saturated rings. The fourth-order valence-electron chi connectivity index (χ4n) is 3.38. The number of para-hydroxylation sites is 2. The smallest absolute Gasteiger partial charge is 0.267 e. The minimum absolute atomic E-state index is 0.0871. The Bertz CT molecular complexity index is 961. The van der Waals surface area contributed by atoms with Gasteiger partial charge in [-0.3, -0.25) is 9.59 Å². The second-order valence-electron chi connectivity index (χ2n) is 7.00. The summed E-state index contributed by atoms with van der Waals surface area (Å²) in [6.07, 6.45) is -0.679. The molecule has 0 aliphatic carbocycles. The van der Waals surface area contributed by atoms with E-state index in [9.17, 15) is 9.59 Å². The standard InChI is InChI=1S/C22H21N3O5/c23-13-16-5-7-17(8-6-16)28-15-21(26)24-9-11-25(12-10-24)22(27)20-14-29-18-3-1-2-4-19(18)30-20/h1-8,20H,9-12,14-15H2/t20-/m0/s1. The fourth-order valence-corrected chi connectivity index (χ4v) is 3.38. The average molecular weight is 407 g/mol. The molecule has 8 heteroatoms. The van der Waals surface area contributed by atoms with Crippen LogP contribution in [-0.2, 0) is 9.59 Å². The maximum absolute atomic E-state index is 12.8. The molecule has 0 spiro atoms. The highest BCUT2D eigenvalue weighted by atomic mass is 16.6. The van der Waals surface area contributed by atoms with Gasteiger partial charge in [0.05, 0.1) is 11.6 Å². The van der Waals surface area contributed by atoms with Crippen molar-refractivity contribution in [3.05, 3.63) is 54.1 Å². The molecule has 0 bridgehead atoms. The Morgan fingerprint density at radius 1 is 1.00 bits per heavy atom. The lowest BCUT2D eigenvalue weighted by Gasteiger charge is -2.37. The first-order valence-corrected chi connectivity index (χ1v) is 9.72. The van der Waals surface area contributed by atoms with E-state index in [4.69, 9.17) is 19.5 Å². The summed E-state index contributed by atoms with van der Waals surface area (Å²) in [5.74, 6) is 1.46. The van der Waals surface area contributed by atoms with Crippen LogP contribution in [0.3, 0.4) is 0 Å². The predicted octanol–water partition coefficient (Wildman–Crippen LogP) is 1.45. The van der Waals surface area contributed by atoms with Crippen molar-refractivity contribution in [2.24, 2.45) is 0 Å². The number of nitriles is 1. The van der Waals surface area contributed by atoms with Crippen molar-refractivity contribution < 1.29 is 23.8 Å². The van der Waals surface area contributed by atoms with Gasteiger partial charge in [0.1, 0.15) is 12.4 Å². The molecule has 2 aliphatic rings. The number of fused-ring (bicyclic) bond motifs is 1. The molecule has 4 rings (SSSR count). The number of nitrogens with zero attached hydrogens (tertiary/aromatic N) is 3. The number of benzene rings is 2. The van der Waals surface area contributed by atoms with Gasteiger partial charge in [-0.2, -0.15) is 5.26 Å². The molecule has 8 nitrogen and oxygen atoms in total. The molecule has 2 amide bonds. The molecule has 0 aromatic heterocycles.